The van der Waals surface area contributed by atoms with Crippen LogP contribution in [0.1, 0.15) is 18.9 Å². The van der Waals surface area contributed by atoms with Gasteiger partial charge in [-0.3, -0.25) is 15.0 Å². The molecule has 0 aromatic heterocycles. The van der Waals surface area contributed by atoms with Crippen molar-refractivity contribution < 1.29 is 4.92 Å². The second-order valence-electron chi connectivity index (χ2n) is 6.41. The zero-order chi connectivity index (χ0) is 17.6. The number of nitro benzene ring substituents is 1. The SMILES string of the molecule is CCNC(=NCc1cccc([N+](=O)[O-])c1)N1CCC(N2CC=CC2)C1. The van der Waals surface area contributed by atoms with Crippen LogP contribution in [0.25, 0.3) is 0 Å². The second-order valence-corrected chi connectivity index (χ2v) is 6.41. The van der Waals surface area contributed by atoms with E-state index in [2.05, 4.69) is 34.2 Å². The van der Waals surface area contributed by atoms with Gasteiger partial charge in [0, 0.05) is 50.9 Å². The minimum Gasteiger partial charge on any atom is -0.357 e. The van der Waals surface area contributed by atoms with Gasteiger partial charge in [0.2, 0.25) is 0 Å². The van der Waals surface area contributed by atoms with Crippen LogP contribution in [-0.4, -0.2) is 59.4 Å². The summed E-state index contributed by atoms with van der Waals surface area (Å²) < 4.78 is 0. The molecule has 3 rings (SSSR count). The van der Waals surface area contributed by atoms with Crippen LogP contribution in [0.5, 0.6) is 0 Å². The molecule has 7 heteroatoms. The van der Waals surface area contributed by atoms with E-state index in [-0.39, 0.29) is 10.6 Å². The van der Waals surface area contributed by atoms with Crippen LogP contribution in [0.15, 0.2) is 41.4 Å². The van der Waals surface area contributed by atoms with Crippen molar-refractivity contribution >= 4 is 11.6 Å². The highest BCUT2D eigenvalue weighted by Crippen LogP contribution is 2.18. The first-order valence-corrected chi connectivity index (χ1v) is 8.83. The molecule has 2 heterocycles. The lowest BCUT2D eigenvalue weighted by Gasteiger charge is -2.25. The normalized spacial score (nSPS) is 21.1. The number of nitrogens with zero attached hydrogens (tertiary/aromatic N) is 4. The fourth-order valence-electron chi connectivity index (χ4n) is 3.39. The highest BCUT2D eigenvalue weighted by Gasteiger charge is 2.29. The predicted molar refractivity (Wildman–Crippen MR) is 98.6 cm³/mol. The summed E-state index contributed by atoms with van der Waals surface area (Å²) in [5, 5.41) is 14.3. The Morgan fingerprint density at radius 3 is 2.92 bits per heavy atom. The summed E-state index contributed by atoms with van der Waals surface area (Å²) >= 11 is 0. The molecule has 0 spiro atoms. The van der Waals surface area contributed by atoms with Gasteiger partial charge in [-0.25, -0.2) is 4.99 Å². The van der Waals surface area contributed by atoms with E-state index in [9.17, 15) is 10.1 Å². The monoisotopic (exact) mass is 343 g/mol. The van der Waals surface area contributed by atoms with Gasteiger partial charge in [-0.15, -0.1) is 0 Å². The molecule has 0 amide bonds. The number of nitro groups is 1. The molecule has 134 valence electrons. The third-order valence-corrected chi connectivity index (χ3v) is 4.69. The number of nitrogens with one attached hydrogen (secondary N) is 1. The largest absolute Gasteiger partial charge is 0.357 e. The maximum atomic E-state index is 10.9. The van der Waals surface area contributed by atoms with Gasteiger partial charge in [-0.2, -0.15) is 0 Å². The molecule has 25 heavy (non-hydrogen) atoms. The minimum atomic E-state index is -0.367. The van der Waals surface area contributed by atoms with E-state index >= 15 is 0 Å². The van der Waals surface area contributed by atoms with Gasteiger partial charge in [0.15, 0.2) is 5.96 Å². The van der Waals surface area contributed by atoms with Gasteiger partial charge in [0.1, 0.15) is 0 Å². The molecule has 1 saturated heterocycles. The Balaban J connectivity index is 1.65. The summed E-state index contributed by atoms with van der Waals surface area (Å²) in [5.41, 5.74) is 0.963. The van der Waals surface area contributed by atoms with Gasteiger partial charge in [-0.05, 0) is 18.9 Å². The zero-order valence-electron chi connectivity index (χ0n) is 14.6. The molecule has 2 aliphatic rings. The number of likely N-dealkylation sites (tertiary alicyclic amines) is 1. The van der Waals surface area contributed by atoms with Crippen LogP contribution in [0.2, 0.25) is 0 Å². The standard InChI is InChI=1S/C18H25N5O2/c1-2-19-18(20-13-15-6-5-7-16(12-15)23(24)25)22-11-8-17(14-22)21-9-3-4-10-21/h3-7,12,17H,2,8-11,13-14H2,1H3,(H,19,20). The maximum Gasteiger partial charge on any atom is 0.269 e. The van der Waals surface area contributed by atoms with E-state index in [1.54, 1.807) is 12.1 Å². The summed E-state index contributed by atoms with van der Waals surface area (Å²) in [4.78, 5) is 20.0. The molecule has 0 bridgehead atoms. The van der Waals surface area contributed by atoms with Crippen LogP contribution >= 0.6 is 0 Å². The fourth-order valence-corrected chi connectivity index (χ4v) is 3.39. The second kappa shape index (κ2) is 8.11. The number of benzene rings is 1. The van der Waals surface area contributed by atoms with Crippen molar-refractivity contribution in [3.63, 3.8) is 0 Å². The molecule has 1 unspecified atom stereocenters. The lowest BCUT2D eigenvalue weighted by molar-refractivity contribution is -0.384. The van der Waals surface area contributed by atoms with Crippen LogP contribution in [0, 0.1) is 10.1 Å². The Labute approximate surface area is 148 Å². The average molecular weight is 343 g/mol. The smallest absolute Gasteiger partial charge is 0.269 e. The van der Waals surface area contributed by atoms with Gasteiger partial charge in [0.25, 0.3) is 5.69 Å². The van der Waals surface area contributed by atoms with E-state index in [0.29, 0.717) is 12.6 Å². The first kappa shape index (κ1) is 17.4. The maximum absolute atomic E-state index is 10.9. The predicted octanol–water partition coefficient (Wildman–Crippen LogP) is 2.01. The molecule has 0 saturated carbocycles. The summed E-state index contributed by atoms with van der Waals surface area (Å²) in [5.74, 6) is 0.892. The lowest BCUT2D eigenvalue weighted by atomic mass is 10.2. The summed E-state index contributed by atoms with van der Waals surface area (Å²) in [7, 11) is 0. The molecular formula is C18H25N5O2. The van der Waals surface area contributed by atoms with Crippen molar-refractivity contribution in [2.75, 3.05) is 32.7 Å². The van der Waals surface area contributed by atoms with E-state index in [1.165, 1.54) is 6.07 Å². The number of aliphatic imine (C=N–C) groups is 1. The summed E-state index contributed by atoms with van der Waals surface area (Å²) in [6, 6.07) is 7.26. The molecule has 2 aliphatic heterocycles. The number of rotatable bonds is 5. The minimum absolute atomic E-state index is 0.112. The van der Waals surface area contributed by atoms with Crippen LogP contribution in [0.4, 0.5) is 5.69 Å². The molecule has 1 N–H and O–H groups in total. The summed E-state index contributed by atoms with van der Waals surface area (Å²) in [6.07, 6.45) is 5.59. The highest BCUT2D eigenvalue weighted by atomic mass is 16.6. The molecule has 1 aromatic rings. The molecule has 1 atom stereocenters. The topological polar surface area (TPSA) is 74.0 Å². The Morgan fingerprint density at radius 1 is 1.40 bits per heavy atom. The van der Waals surface area contributed by atoms with Crippen LogP contribution < -0.4 is 5.32 Å². The van der Waals surface area contributed by atoms with Gasteiger partial charge in [0.05, 0.1) is 11.5 Å². The van der Waals surface area contributed by atoms with E-state index in [0.717, 1.165) is 50.7 Å². The van der Waals surface area contributed by atoms with Gasteiger partial charge < -0.3 is 10.2 Å². The summed E-state index contributed by atoms with van der Waals surface area (Å²) in [6.45, 7) is 7.35. The number of non-ortho nitro benzene ring substituents is 1. The lowest BCUT2D eigenvalue weighted by Crippen LogP contribution is -2.42. The van der Waals surface area contributed by atoms with Crippen molar-refractivity contribution in [2.24, 2.45) is 4.99 Å². The fraction of sp³-hybridized carbons (Fsp3) is 0.500. The van der Waals surface area contributed by atoms with Crippen LogP contribution in [0.3, 0.4) is 0 Å². The Kier molecular flexibility index (Phi) is 5.65. The molecular weight excluding hydrogens is 318 g/mol. The van der Waals surface area contributed by atoms with E-state index in [4.69, 9.17) is 4.99 Å². The molecule has 1 fully saturated rings. The third kappa shape index (κ3) is 4.36. The molecule has 7 nitrogen and oxygen atoms in total. The Morgan fingerprint density at radius 2 is 2.20 bits per heavy atom. The number of hydrogen-bond acceptors (Lipinski definition) is 4. The average Bonchev–Trinajstić information content (AvgIpc) is 3.30. The van der Waals surface area contributed by atoms with E-state index in [1.807, 2.05) is 6.07 Å². The Hall–Kier alpha value is -2.41. The van der Waals surface area contributed by atoms with Crippen molar-refractivity contribution in [3.05, 3.63) is 52.1 Å². The molecule has 0 aliphatic carbocycles. The third-order valence-electron chi connectivity index (χ3n) is 4.69. The van der Waals surface area contributed by atoms with E-state index < -0.39 is 0 Å². The number of hydrogen-bond donors (Lipinski definition) is 1. The first-order chi connectivity index (χ1) is 12.2. The molecule has 1 aromatic carbocycles. The van der Waals surface area contributed by atoms with Gasteiger partial charge >= 0.3 is 0 Å². The quantitative estimate of drug-likeness (QED) is 0.291. The number of guanidine groups is 1. The Bertz CT molecular complexity index is 665. The van der Waals surface area contributed by atoms with Crippen molar-refractivity contribution in [1.82, 2.24) is 15.1 Å². The molecule has 0 radical (unpaired) electrons. The van der Waals surface area contributed by atoms with Crippen LogP contribution in [-0.2, 0) is 6.54 Å². The van der Waals surface area contributed by atoms with Crippen molar-refractivity contribution in [1.29, 1.82) is 0 Å². The van der Waals surface area contributed by atoms with Crippen molar-refractivity contribution in [2.45, 2.75) is 25.9 Å². The first-order valence-electron chi connectivity index (χ1n) is 8.83. The highest BCUT2D eigenvalue weighted by molar-refractivity contribution is 5.80. The van der Waals surface area contributed by atoms with Gasteiger partial charge in [-0.1, -0.05) is 24.3 Å². The zero-order valence-corrected chi connectivity index (χ0v) is 14.6. The van der Waals surface area contributed by atoms with Crippen molar-refractivity contribution in [3.8, 4) is 0 Å².